The van der Waals surface area contributed by atoms with Gasteiger partial charge >= 0.3 is 0 Å². The maximum absolute atomic E-state index is 11.6. The molecule has 2 N–H and O–H groups in total. The van der Waals surface area contributed by atoms with Crippen LogP contribution in [0.2, 0.25) is 0 Å². The molecule has 3 aliphatic rings. The molecule has 0 aromatic carbocycles. The van der Waals surface area contributed by atoms with E-state index >= 15 is 0 Å². The second kappa shape index (κ2) is 8.83. The van der Waals surface area contributed by atoms with Crippen LogP contribution in [0.5, 0.6) is 0 Å². The Kier molecular flexibility index (Phi) is 6.81. The van der Waals surface area contributed by atoms with E-state index in [0.29, 0.717) is 18.8 Å². The Morgan fingerprint density at radius 1 is 1.41 bits per heavy atom. The van der Waals surface area contributed by atoms with Crippen LogP contribution in [0.3, 0.4) is 0 Å². The summed E-state index contributed by atoms with van der Waals surface area (Å²) in [6, 6.07) is 0. The molecule has 0 radical (unpaired) electrons. The van der Waals surface area contributed by atoms with Gasteiger partial charge in [-0.05, 0) is 73.5 Å². The number of fused-ring (bicyclic) bond motifs is 1. The van der Waals surface area contributed by atoms with E-state index in [1.165, 1.54) is 17.6 Å². The normalized spacial score (nSPS) is 36.1. The van der Waals surface area contributed by atoms with Gasteiger partial charge in [0.05, 0.1) is 12.2 Å². The van der Waals surface area contributed by atoms with Gasteiger partial charge in [-0.25, -0.2) is 0 Å². The lowest BCUT2D eigenvalue weighted by atomic mass is 9.64. The van der Waals surface area contributed by atoms with Gasteiger partial charge < -0.3 is 10.2 Å². The van der Waals surface area contributed by atoms with Crippen molar-refractivity contribution in [3.63, 3.8) is 0 Å². The summed E-state index contributed by atoms with van der Waals surface area (Å²) in [7, 11) is 1.84. The minimum atomic E-state index is -0.643. The number of amides is 1. The molecular formula is C24H35NO3S. The highest BCUT2D eigenvalue weighted by molar-refractivity contribution is 7.98. The predicted molar refractivity (Wildman–Crippen MR) is 120 cm³/mol. The molecule has 1 unspecified atom stereocenters. The number of rotatable bonds is 4. The van der Waals surface area contributed by atoms with Gasteiger partial charge in [0.1, 0.15) is 0 Å². The summed E-state index contributed by atoms with van der Waals surface area (Å²) in [6.45, 7) is 10.2. The fourth-order valence-corrected chi connectivity index (χ4v) is 6.42. The van der Waals surface area contributed by atoms with Crippen LogP contribution >= 0.6 is 11.9 Å². The number of aliphatic hydroxyl groups is 2. The second-order valence-electron chi connectivity index (χ2n) is 9.05. The van der Waals surface area contributed by atoms with E-state index in [1.807, 2.05) is 7.05 Å². The molecule has 0 spiro atoms. The molecule has 0 aromatic heterocycles. The zero-order chi connectivity index (χ0) is 21.3. The SMILES string of the molecule is C=C1C(=CC=C2CCC[C@]3(C)C([C@H](C)SN(C)C(C)=O)=CCC23)C[C@@H](O)C[C@@H]1O. The zero-order valence-corrected chi connectivity index (χ0v) is 19.0. The van der Waals surface area contributed by atoms with Gasteiger partial charge in [-0.3, -0.25) is 9.10 Å². The van der Waals surface area contributed by atoms with Crippen molar-refractivity contribution in [1.82, 2.24) is 4.31 Å². The standard InChI is InChI=1S/C24H35NO3S/c1-15-19(13-20(27)14-23(15)28)9-8-18-7-6-12-24(4)21(10-11-22(18)24)16(2)29-25(5)17(3)26/h8-10,16,20,22-23,27-28H,1,6-7,11-14H2,2-5H3/t16-,20+,22?,23-,24+/m0/s1. The molecule has 1 amide bonds. The van der Waals surface area contributed by atoms with Crippen molar-refractivity contribution >= 4 is 17.9 Å². The van der Waals surface area contributed by atoms with E-state index in [4.69, 9.17) is 0 Å². The molecule has 0 aliphatic heterocycles. The first-order chi connectivity index (χ1) is 13.6. The van der Waals surface area contributed by atoms with E-state index in [-0.39, 0.29) is 16.6 Å². The molecule has 2 fully saturated rings. The molecule has 0 bridgehead atoms. The molecule has 160 valence electrons. The minimum Gasteiger partial charge on any atom is -0.393 e. The lowest BCUT2D eigenvalue weighted by Gasteiger charge is -2.42. The predicted octanol–water partition coefficient (Wildman–Crippen LogP) is 4.56. The molecule has 5 heteroatoms. The monoisotopic (exact) mass is 417 g/mol. The molecule has 0 aromatic rings. The van der Waals surface area contributed by atoms with Crippen molar-refractivity contribution in [3.05, 3.63) is 47.1 Å². The van der Waals surface area contributed by atoms with Crippen molar-refractivity contribution < 1.29 is 15.0 Å². The third kappa shape index (κ3) is 4.57. The van der Waals surface area contributed by atoms with Gasteiger partial charge in [0.15, 0.2) is 0 Å². The first-order valence-electron chi connectivity index (χ1n) is 10.7. The van der Waals surface area contributed by atoms with Crippen molar-refractivity contribution in [1.29, 1.82) is 0 Å². The third-order valence-electron chi connectivity index (χ3n) is 7.07. The fraction of sp³-hybridized carbons (Fsp3) is 0.625. The van der Waals surface area contributed by atoms with Crippen molar-refractivity contribution in [2.75, 3.05) is 7.05 Å². The fourth-order valence-electron chi connectivity index (χ4n) is 5.32. The van der Waals surface area contributed by atoms with Gasteiger partial charge in [0.2, 0.25) is 5.91 Å². The van der Waals surface area contributed by atoms with E-state index < -0.39 is 12.2 Å². The molecule has 0 heterocycles. The minimum absolute atomic E-state index is 0.0788. The highest BCUT2D eigenvalue weighted by Crippen LogP contribution is 2.56. The van der Waals surface area contributed by atoms with Crippen LogP contribution in [0, 0.1) is 11.3 Å². The maximum atomic E-state index is 11.6. The Labute approximate surface area is 179 Å². The van der Waals surface area contributed by atoms with Crippen LogP contribution in [0.1, 0.15) is 59.3 Å². The summed E-state index contributed by atoms with van der Waals surface area (Å²) < 4.78 is 1.73. The van der Waals surface area contributed by atoms with Crippen LogP contribution in [0.25, 0.3) is 0 Å². The quantitative estimate of drug-likeness (QED) is 0.520. The number of carbonyl (C=O) groups is 1. The lowest BCUT2D eigenvalue weighted by Crippen LogP contribution is -2.34. The molecule has 5 atom stereocenters. The highest BCUT2D eigenvalue weighted by atomic mass is 32.2. The highest BCUT2D eigenvalue weighted by Gasteiger charge is 2.46. The van der Waals surface area contributed by atoms with E-state index in [1.54, 1.807) is 23.2 Å². The summed E-state index contributed by atoms with van der Waals surface area (Å²) >= 11 is 1.61. The summed E-state index contributed by atoms with van der Waals surface area (Å²) in [5.74, 6) is 0.565. The number of aliphatic hydroxyl groups excluding tert-OH is 2. The summed E-state index contributed by atoms with van der Waals surface area (Å²) in [5, 5.41) is 20.4. The Bertz CT molecular complexity index is 768. The van der Waals surface area contributed by atoms with Gasteiger partial charge in [0, 0.05) is 25.6 Å². The lowest BCUT2D eigenvalue weighted by molar-refractivity contribution is -0.123. The van der Waals surface area contributed by atoms with Crippen LogP contribution in [-0.4, -0.2) is 44.9 Å². The number of nitrogens with zero attached hydrogens (tertiary/aromatic N) is 1. The third-order valence-corrected chi connectivity index (χ3v) is 8.22. The summed E-state index contributed by atoms with van der Waals surface area (Å²) in [6.07, 6.45) is 11.0. The number of hydrogen-bond acceptors (Lipinski definition) is 4. The van der Waals surface area contributed by atoms with Crippen LogP contribution < -0.4 is 0 Å². The molecule has 3 aliphatic carbocycles. The first kappa shape index (κ1) is 22.4. The Morgan fingerprint density at radius 2 is 2.14 bits per heavy atom. The molecule has 29 heavy (non-hydrogen) atoms. The average molecular weight is 418 g/mol. The van der Waals surface area contributed by atoms with Gasteiger partial charge in [0.25, 0.3) is 0 Å². The molecular weight excluding hydrogens is 382 g/mol. The second-order valence-corrected chi connectivity index (χ2v) is 10.5. The van der Waals surface area contributed by atoms with Crippen LogP contribution in [0.15, 0.2) is 47.1 Å². The molecule has 4 nitrogen and oxygen atoms in total. The van der Waals surface area contributed by atoms with E-state index in [9.17, 15) is 15.0 Å². The molecule has 3 rings (SSSR count). The number of carbonyl (C=O) groups excluding carboxylic acids is 1. The summed E-state index contributed by atoms with van der Waals surface area (Å²) in [5.41, 5.74) is 4.76. The summed E-state index contributed by atoms with van der Waals surface area (Å²) in [4.78, 5) is 11.6. The Balaban J connectivity index is 1.78. The zero-order valence-electron chi connectivity index (χ0n) is 18.1. The first-order valence-corrected chi connectivity index (χ1v) is 11.5. The van der Waals surface area contributed by atoms with Gasteiger partial charge in [-0.15, -0.1) is 0 Å². The Hall–Kier alpha value is -1.30. The van der Waals surface area contributed by atoms with E-state index in [2.05, 4.69) is 38.7 Å². The van der Waals surface area contributed by atoms with Crippen molar-refractivity contribution in [2.24, 2.45) is 11.3 Å². The number of allylic oxidation sites excluding steroid dienone is 4. The van der Waals surface area contributed by atoms with Crippen molar-refractivity contribution in [2.45, 2.75) is 76.8 Å². The van der Waals surface area contributed by atoms with Crippen LogP contribution in [0.4, 0.5) is 0 Å². The van der Waals surface area contributed by atoms with Gasteiger partial charge in [-0.1, -0.05) is 42.9 Å². The van der Waals surface area contributed by atoms with Crippen molar-refractivity contribution in [3.8, 4) is 0 Å². The topological polar surface area (TPSA) is 60.8 Å². The average Bonchev–Trinajstić information content (AvgIpc) is 3.00. The van der Waals surface area contributed by atoms with Crippen LogP contribution in [-0.2, 0) is 4.79 Å². The van der Waals surface area contributed by atoms with E-state index in [0.717, 1.165) is 30.4 Å². The molecule has 2 saturated carbocycles. The maximum Gasteiger partial charge on any atom is 0.229 e. The molecule has 0 saturated heterocycles. The Morgan fingerprint density at radius 3 is 2.83 bits per heavy atom. The number of hydrogen-bond donors (Lipinski definition) is 2. The largest absolute Gasteiger partial charge is 0.393 e. The smallest absolute Gasteiger partial charge is 0.229 e. The van der Waals surface area contributed by atoms with Gasteiger partial charge in [-0.2, -0.15) is 0 Å².